The third-order valence-electron chi connectivity index (χ3n) is 2.84. The molecule has 122 valence electrons. The van der Waals surface area contributed by atoms with E-state index in [4.69, 9.17) is 20.3 Å². The van der Waals surface area contributed by atoms with Gasteiger partial charge >= 0.3 is 13.2 Å². The van der Waals surface area contributed by atoms with E-state index in [1.54, 1.807) is 0 Å². The number of aryl methyl sites for hydroxylation is 1. The first kappa shape index (κ1) is 16.6. The number of nitrogens with one attached hydrogen (secondary N) is 1. The minimum atomic E-state index is -4.48. The number of ether oxygens (including phenoxy) is 2. The van der Waals surface area contributed by atoms with E-state index in [2.05, 4.69) is 19.7 Å². The van der Waals surface area contributed by atoms with Gasteiger partial charge in [0, 0.05) is 13.7 Å². The zero-order chi connectivity index (χ0) is 16.3. The van der Waals surface area contributed by atoms with E-state index in [1.165, 1.54) is 10.9 Å². The fourth-order valence-corrected chi connectivity index (χ4v) is 2.48. The first-order valence-corrected chi connectivity index (χ1v) is 7.91. The number of hydrogen-bond acceptors (Lipinski definition) is 7. The number of aromatic nitrogens is 4. The molecule has 0 aliphatic heterocycles. The minimum Gasteiger partial charge on any atom is -0.369 e. The van der Waals surface area contributed by atoms with Crippen LogP contribution in [0, 0.1) is 0 Å². The van der Waals surface area contributed by atoms with Crippen LogP contribution in [0.1, 0.15) is 6.42 Å². The molecular formula is C10H16N5O6P. The second kappa shape index (κ2) is 6.55. The molecule has 1 unspecified atom stereocenters. The van der Waals surface area contributed by atoms with Crippen molar-refractivity contribution in [3.8, 4) is 0 Å². The molecule has 0 fully saturated rings. The quantitative estimate of drug-likeness (QED) is 0.288. The summed E-state index contributed by atoms with van der Waals surface area (Å²) < 4.78 is 22.1. The summed E-state index contributed by atoms with van der Waals surface area (Å²) >= 11 is 0. The van der Waals surface area contributed by atoms with Crippen LogP contribution in [0.15, 0.2) is 11.1 Å². The average molecular weight is 333 g/mol. The maximum atomic E-state index is 11.6. The number of hydrogen-bond donors (Lipinski definition) is 4. The van der Waals surface area contributed by atoms with E-state index in [0.29, 0.717) is 18.6 Å². The second-order valence-corrected chi connectivity index (χ2v) is 5.98. The Hall–Kier alpha value is -1.78. The lowest BCUT2D eigenvalue weighted by Crippen LogP contribution is -2.20. The van der Waals surface area contributed by atoms with Gasteiger partial charge in [-0.05, 0) is 6.42 Å². The van der Waals surface area contributed by atoms with Gasteiger partial charge in [-0.3, -0.25) is 13.9 Å². The van der Waals surface area contributed by atoms with E-state index in [1.807, 2.05) is 0 Å². The molecule has 0 radical (unpaired) electrons. The maximum Gasteiger partial charge on any atom is 0.381 e. The number of anilines is 1. The number of fused-ring (bicyclic) bond motifs is 1. The largest absolute Gasteiger partial charge is 0.381 e. The number of imidazole rings is 1. The summed E-state index contributed by atoms with van der Waals surface area (Å²) in [4.78, 5) is 39.8. The Balaban J connectivity index is 2.03. The van der Waals surface area contributed by atoms with E-state index in [-0.39, 0.29) is 18.1 Å². The van der Waals surface area contributed by atoms with Gasteiger partial charge in [0.15, 0.2) is 11.2 Å². The van der Waals surface area contributed by atoms with Crippen LogP contribution in [0.5, 0.6) is 0 Å². The standard InChI is InChI=1S/C10H16N5O6P/c1-20-10(22(17,18)19)21-4-2-3-15-7-6(12-5-13-7)8(16)14-9(15)11/h5,10H,2-4H2,1H3,(H,12,13)(H2,11,14,16)(H2,17,18,19). The van der Waals surface area contributed by atoms with Crippen LogP contribution in [-0.4, -0.2) is 49.1 Å². The summed E-state index contributed by atoms with van der Waals surface area (Å²) in [6.07, 6.45) is 1.71. The third-order valence-corrected chi connectivity index (χ3v) is 3.75. The number of nitrogens with two attached hydrogens (primary N) is 1. The zero-order valence-electron chi connectivity index (χ0n) is 11.7. The van der Waals surface area contributed by atoms with Gasteiger partial charge < -0.3 is 30.0 Å². The molecule has 0 aliphatic rings. The van der Waals surface area contributed by atoms with Crippen LogP contribution in [0.2, 0.25) is 0 Å². The Morgan fingerprint density at radius 2 is 2.27 bits per heavy atom. The van der Waals surface area contributed by atoms with Crippen molar-refractivity contribution in [2.24, 2.45) is 0 Å². The number of H-pyrrole nitrogens is 1. The Morgan fingerprint density at radius 1 is 1.55 bits per heavy atom. The van der Waals surface area contributed by atoms with Crippen LogP contribution in [0.25, 0.3) is 11.2 Å². The lowest BCUT2D eigenvalue weighted by molar-refractivity contribution is -0.0817. The number of aromatic amines is 1. The highest BCUT2D eigenvalue weighted by atomic mass is 31.2. The molecular weight excluding hydrogens is 317 g/mol. The number of nitrogens with zero attached hydrogens (tertiary/aromatic N) is 3. The Labute approximate surface area is 124 Å². The summed E-state index contributed by atoms with van der Waals surface area (Å²) in [6, 6.07) is -1.61. The molecule has 2 aromatic rings. The molecule has 12 heteroatoms. The smallest absolute Gasteiger partial charge is 0.369 e. The lowest BCUT2D eigenvalue weighted by Gasteiger charge is -2.17. The average Bonchev–Trinajstić information content (AvgIpc) is 2.90. The van der Waals surface area contributed by atoms with E-state index in [0.717, 1.165) is 7.11 Å². The SMILES string of the molecule is COC(OCCCn1c(N)nc(=O)c2[nH]cnc21)P(=O)(O)O. The zero-order valence-corrected chi connectivity index (χ0v) is 12.6. The van der Waals surface area contributed by atoms with Gasteiger partial charge in [0.1, 0.15) is 0 Å². The van der Waals surface area contributed by atoms with Crippen LogP contribution in [0.4, 0.5) is 5.95 Å². The third kappa shape index (κ3) is 3.51. The molecule has 0 bridgehead atoms. The topological polar surface area (TPSA) is 166 Å². The Bertz CT molecular complexity index is 752. The van der Waals surface area contributed by atoms with Crippen molar-refractivity contribution in [1.29, 1.82) is 0 Å². The van der Waals surface area contributed by atoms with Crippen LogP contribution in [-0.2, 0) is 20.6 Å². The highest BCUT2D eigenvalue weighted by Crippen LogP contribution is 2.41. The van der Waals surface area contributed by atoms with Crippen molar-refractivity contribution in [3.05, 3.63) is 16.7 Å². The van der Waals surface area contributed by atoms with Crippen molar-refractivity contribution in [2.45, 2.75) is 19.0 Å². The molecule has 5 N–H and O–H groups in total. The first-order chi connectivity index (χ1) is 10.3. The van der Waals surface area contributed by atoms with Gasteiger partial charge in [-0.1, -0.05) is 0 Å². The summed E-state index contributed by atoms with van der Waals surface area (Å²) in [5, 5.41) is 0. The van der Waals surface area contributed by atoms with E-state index >= 15 is 0 Å². The van der Waals surface area contributed by atoms with Crippen molar-refractivity contribution >= 4 is 24.7 Å². The molecule has 2 rings (SSSR count). The molecule has 0 saturated carbocycles. The molecule has 0 amide bonds. The van der Waals surface area contributed by atoms with Crippen molar-refractivity contribution in [1.82, 2.24) is 19.5 Å². The predicted molar refractivity (Wildman–Crippen MR) is 76.0 cm³/mol. The number of nitrogen functional groups attached to an aromatic ring is 1. The molecule has 0 saturated heterocycles. The van der Waals surface area contributed by atoms with Crippen molar-refractivity contribution in [3.63, 3.8) is 0 Å². The fraction of sp³-hybridized carbons (Fsp3) is 0.500. The molecule has 0 aromatic carbocycles. The summed E-state index contributed by atoms with van der Waals surface area (Å²) in [5.74, 6) is 0.00267. The second-order valence-electron chi connectivity index (χ2n) is 4.38. The Morgan fingerprint density at radius 3 is 2.91 bits per heavy atom. The molecule has 0 spiro atoms. The summed E-state index contributed by atoms with van der Waals surface area (Å²) in [7, 11) is -3.34. The molecule has 11 nitrogen and oxygen atoms in total. The first-order valence-electron chi connectivity index (χ1n) is 6.23. The van der Waals surface area contributed by atoms with E-state index in [9.17, 15) is 9.36 Å². The van der Waals surface area contributed by atoms with Gasteiger partial charge in [-0.15, -0.1) is 0 Å². The molecule has 0 aliphatic carbocycles. The normalized spacial score (nSPS) is 13.6. The van der Waals surface area contributed by atoms with Crippen molar-refractivity contribution < 1.29 is 23.8 Å². The summed E-state index contributed by atoms with van der Waals surface area (Å²) in [6.45, 7) is 0.319. The van der Waals surface area contributed by atoms with Gasteiger partial charge in [-0.25, -0.2) is 4.98 Å². The lowest BCUT2D eigenvalue weighted by atomic mass is 10.4. The van der Waals surface area contributed by atoms with Crippen LogP contribution < -0.4 is 11.3 Å². The van der Waals surface area contributed by atoms with Crippen molar-refractivity contribution in [2.75, 3.05) is 19.5 Å². The minimum absolute atomic E-state index is 0.00267. The number of methoxy groups -OCH3 is 1. The van der Waals surface area contributed by atoms with E-state index < -0.39 is 19.2 Å². The van der Waals surface area contributed by atoms with Crippen LogP contribution in [0.3, 0.4) is 0 Å². The number of rotatable bonds is 7. The monoisotopic (exact) mass is 333 g/mol. The summed E-state index contributed by atoms with van der Waals surface area (Å²) in [5.41, 5.74) is 5.78. The molecule has 22 heavy (non-hydrogen) atoms. The maximum absolute atomic E-state index is 11.6. The Kier molecular flexibility index (Phi) is 4.94. The fourth-order valence-electron chi connectivity index (χ4n) is 1.91. The van der Waals surface area contributed by atoms with Gasteiger partial charge in [0.25, 0.3) is 6.03 Å². The molecule has 1 atom stereocenters. The molecule has 2 aromatic heterocycles. The van der Waals surface area contributed by atoms with Gasteiger partial charge in [0.05, 0.1) is 12.9 Å². The van der Waals surface area contributed by atoms with Gasteiger partial charge in [-0.2, -0.15) is 4.98 Å². The highest BCUT2D eigenvalue weighted by molar-refractivity contribution is 7.52. The molecule has 2 heterocycles. The predicted octanol–water partition coefficient (Wildman–Crippen LogP) is -0.784. The van der Waals surface area contributed by atoms with Crippen LogP contribution >= 0.6 is 7.60 Å². The highest BCUT2D eigenvalue weighted by Gasteiger charge is 2.29. The van der Waals surface area contributed by atoms with Gasteiger partial charge in [0.2, 0.25) is 5.95 Å².